The molecule has 0 saturated heterocycles. The summed E-state index contributed by atoms with van der Waals surface area (Å²) in [5.74, 6) is -4.28. The summed E-state index contributed by atoms with van der Waals surface area (Å²) < 4.78 is 19.0. The summed E-state index contributed by atoms with van der Waals surface area (Å²) in [6.07, 6.45) is 0.00645. The Bertz CT molecular complexity index is 647. The number of hydrogen-bond acceptors (Lipinski definition) is 9. The molecule has 18 heteroatoms. The Labute approximate surface area is 241 Å². The smallest absolute Gasteiger partial charge is 0.339 e. The molecule has 0 aliphatic carbocycles. The highest BCUT2D eigenvalue weighted by Crippen LogP contribution is 2.16. The minimum Gasteiger partial charge on any atom is -0.464 e. The number of amides is 1. The van der Waals surface area contributed by atoms with Gasteiger partial charge in [-0.3, -0.25) is 4.79 Å². The van der Waals surface area contributed by atoms with E-state index in [0.717, 1.165) is 0 Å². The largest absolute Gasteiger partial charge is 0.464 e. The third kappa shape index (κ3) is 17.7. The second-order valence-electron chi connectivity index (χ2n) is 5.96. The maximum absolute atomic E-state index is 11.9. The fraction of sp³-hybridized carbons (Fsp3) is 0.706. The number of carbonyl (C=O) groups excluding carboxylic acids is 5. The van der Waals surface area contributed by atoms with Gasteiger partial charge in [0.05, 0.1) is 6.61 Å². The van der Waals surface area contributed by atoms with Crippen LogP contribution in [-0.2, 0) is 42.9 Å². The topological polar surface area (TPSA) is 134 Å². The van der Waals surface area contributed by atoms with Gasteiger partial charge in [-0.15, -0.1) is 0 Å². The van der Waals surface area contributed by atoms with Gasteiger partial charge in [0.25, 0.3) is 0 Å². The molecule has 0 rings (SSSR count). The molecule has 0 heterocycles. The molecule has 0 aromatic carbocycles. The molecule has 0 saturated carbocycles. The van der Waals surface area contributed by atoms with Crippen LogP contribution in [0, 0.1) is 0 Å². The number of halogens is 8. The van der Waals surface area contributed by atoms with Crippen molar-refractivity contribution in [3.05, 3.63) is 0 Å². The normalized spacial score (nSPS) is 11.0. The standard InChI is InChI=1S/C13H15Cl6NO7.C4H6Cl2O2/c1-2-6(21)20-13(3-25-10(22)7(14)15,4-26-11(23)8(16)17)5-27-12(24)9(18)19;1-2-8-4(7)3(5)6/h7-9H,2-5H2,1H3,(H,20,21);3H,2H2,1H3. The molecule has 0 aromatic rings. The summed E-state index contributed by atoms with van der Waals surface area (Å²) in [6, 6.07) is 0. The van der Waals surface area contributed by atoms with Crippen LogP contribution in [0.4, 0.5) is 0 Å². The number of esters is 4. The molecule has 0 unspecified atom stereocenters. The van der Waals surface area contributed by atoms with Gasteiger partial charge in [0.15, 0.2) is 0 Å². The molecule has 1 N–H and O–H groups in total. The van der Waals surface area contributed by atoms with E-state index in [-0.39, 0.29) is 6.42 Å². The van der Waals surface area contributed by atoms with Crippen LogP contribution in [0.25, 0.3) is 0 Å². The molecule has 35 heavy (non-hydrogen) atoms. The van der Waals surface area contributed by atoms with Gasteiger partial charge in [0, 0.05) is 6.42 Å². The van der Waals surface area contributed by atoms with Crippen molar-refractivity contribution < 1.29 is 42.9 Å². The summed E-state index contributed by atoms with van der Waals surface area (Å²) in [4.78, 5) is 51.2. The Morgan fingerprint density at radius 2 is 0.886 bits per heavy atom. The average Bonchev–Trinajstić information content (AvgIpc) is 2.79. The monoisotopic (exact) mass is 663 g/mol. The Balaban J connectivity index is 0. The van der Waals surface area contributed by atoms with Crippen LogP contribution in [0.1, 0.15) is 20.3 Å². The molecule has 0 spiro atoms. The molecule has 0 fully saturated rings. The second kappa shape index (κ2) is 19.7. The van der Waals surface area contributed by atoms with Gasteiger partial charge in [-0.25, -0.2) is 19.2 Å². The van der Waals surface area contributed by atoms with Gasteiger partial charge >= 0.3 is 23.9 Å². The highest BCUT2D eigenvalue weighted by atomic mass is 35.5. The fourth-order valence-electron chi connectivity index (χ4n) is 1.64. The van der Waals surface area contributed by atoms with E-state index in [1.165, 1.54) is 6.92 Å². The number of nitrogens with one attached hydrogen (secondary N) is 1. The fourth-order valence-corrected chi connectivity index (χ4v) is 2.14. The number of ether oxygens (including phenoxy) is 4. The van der Waals surface area contributed by atoms with Crippen molar-refractivity contribution in [2.24, 2.45) is 0 Å². The van der Waals surface area contributed by atoms with E-state index < -0.39 is 74.5 Å². The van der Waals surface area contributed by atoms with E-state index in [1.54, 1.807) is 6.92 Å². The molecule has 0 aliphatic heterocycles. The Morgan fingerprint density at radius 1 is 0.600 bits per heavy atom. The first-order valence-corrected chi connectivity index (χ1v) is 12.7. The summed E-state index contributed by atoms with van der Waals surface area (Å²) in [6.45, 7) is 1.65. The van der Waals surface area contributed by atoms with Crippen molar-refractivity contribution in [2.75, 3.05) is 26.4 Å². The van der Waals surface area contributed by atoms with Crippen molar-refractivity contribution in [1.29, 1.82) is 0 Å². The van der Waals surface area contributed by atoms with E-state index in [2.05, 4.69) is 10.1 Å². The summed E-state index contributed by atoms with van der Waals surface area (Å²) >= 11 is 42.5. The lowest BCUT2D eigenvalue weighted by Gasteiger charge is -2.33. The van der Waals surface area contributed by atoms with Crippen LogP contribution in [-0.4, -0.2) is 81.1 Å². The van der Waals surface area contributed by atoms with E-state index >= 15 is 0 Å². The van der Waals surface area contributed by atoms with Gasteiger partial charge in [0.2, 0.25) is 25.3 Å². The lowest BCUT2D eigenvalue weighted by molar-refractivity contribution is -0.157. The number of hydrogen-bond donors (Lipinski definition) is 1. The Morgan fingerprint density at radius 3 is 1.09 bits per heavy atom. The average molecular weight is 667 g/mol. The molecule has 0 aromatic heterocycles. The SMILES string of the molecule is CCC(=O)NC(COC(=O)C(Cl)Cl)(COC(=O)C(Cl)Cl)COC(=O)C(Cl)Cl.CCOC(=O)C(Cl)Cl. The zero-order valence-electron chi connectivity index (χ0n) is 18.0. The highest BCUT2D eigenvalue weighted by molar-refractivity contribution is 6.54. The number of alkyl halides is 8. The number of carbonyl (C=O) groups is 5. The summed E-state index contributed by atoms with van der Waals surface area (Å²) in [5, 5.41) is 2.43. The lowest BCUT2D eigenvalue weighted by Crippen LogP contribution is -2.59. The molecule has 204 valence electrons. The zero-order valence-corrected chi connectivity index (χ0v) is 24.1. The van der Waals surface area contributed by atoms with Crippen molar-refractivity contribution in [2.45, 2.75) is 45.2 Å². The van der Waals surface area contributed by atoms with Gasteiger partial charge in [0.1, 0.15) is 25.4 Å². The molecule has 0 bridgehead atoms. The van der Waals surface area contributed by atoms with Gasteiger partial charge in [-0.1, -0.05) is 99.7 Å². The molecule has 10 nitrogen and oxygen atoms in total. The highest BCUT2D eigenvalue weighted by Gasteiger charge is 2.38. The lowest BCUT2D eigenvalue weighted by atomic mass is 10.0. The molecule has 0 atom stereocenters. The maximum atomic E-state index is 11.9. The Kier molecular flexibility index (Phi) is 20.8. The molecule has 0 aliphatic rings. The van der Waals surface area contributed by atoms with E-state index in [4.69, 9.17) is 107 Å². The molecular weight excluding hydrogens is 646 g/mol. The predicted octanol–water partition coefficient (Wildman–Crippen LogP) is 3.65. The van der Waals surface area contributed by atoms with Gasteiger partial charge in [-0.05, 0) is 6.92 Å². The van der Waals surface area contributed by atoms with E-state index in [0.29, 0.717) is 6.61 Å². The molecule has 1 amide bonds. The van der Waals surface area contributed by atoms with Crippen molar-refractivity contribution in [3.63, 3.8) is 0 Å². The summed E-state index contributed by atoms with van der Waals surface area (Å²) in [5.41, 5.74) is -1.71. The minimum absolute atomic E-state index is 0.00645. The first-order valence-electron chi connectivity index (χ1n) is 9.22. The Hall–Kier alpha value is -0.330. The maximum Gasteiger partial charge on any atom is 0.339 e. The van der Waals surface area contributed by atoms with Crippen LogP contribution >= 0.6 is 92.8 Å². The first kappa shape index (κ1) is 36.8. The molecule has 0 radical (unpaired) electrons. The summed E-state index contributed by atoms with van der Waals surface area (Å²) in [7, 11) is 0. The second-order valence-corrected chi connectivity index (χ2v) is 10.3. The van der Waals surface area contributed by atoms with Crippen molar-refractivity contribution in [1.82, 2.24) is 5.32 Å². The third-order valence-electron chi connectivity index (χ3n) is 3.20. The van der Waals surface area contributed by atoms with Crippen LogP contribution in [0.2, 0.25) is 0 Å². The van der Waals surface area contributed by atoms with Crippen LogP contribution in [0.3, 0.4) is 0 Å². The zero-order chi connectivity index (χ0) is 27.8. The van der Waals surface area contributed by atoms with Crippen LogP contribution in [0.5, 0.6) is 0 Å². The first-order chi connectivity index (χ1) is 16.1. The van der Waals surface area contributed by atoms with E-state index in [9.17, 15) is 24.0 Å². The number of rotatable bonds is 13. The third-order valence-corrected chi connectivity index (χ3v) is 4.62. The predicted molar refractivity (Wildman–Crippen MR) is 133 cm³/mol. The minimum atomic E-state index is -1.71. The quantitative estimate of drug-likeness (QED) is 0.178. The van der Waals surface area contributed by atoms with Gasteiger partial charge < -0.3 is 24.3 Å². The van der Waals surface area contributed by atoms with Crippen LogP contribution in [0.15, 0.2) is 0 Å². The van der Waals surface area contributed by atoms with E-state index in [1.807, 2.05) is 0 Å². The van der Waals surface area contributed by atoms with Crippen molar-refractivity contribution in [3.8, 4) is 0 Å². The van der Waals surface area contributed by atoms with Gasteiger partial charge in [-0.2, -0.15) is 0 Å². The van der Waals surface area contributed by atoms with Crippen molar-refractivity contribution >= 4 is 123 Å². The van der Waals surface area contributed by atoms with Crippen LogP contribution < -0.4 is 5.32 Å². The molecular formula is C17H21Cl8NO9.